The normalized spacial score (nSPS) is 12.4. The molecule has 1 atom stereocenters. The summed E-state index contributed by atoms with van der Waals surface area (Å²) < 4.78 is 5.49. The van der Waals surface area contributed by atoms with Gasteiger partial charge in [-0.05, 0) is 18.6 Å². The quantitative estimate of drug-likeness (QED) is 0.787. The second kappa shape index (κ2) is 4.86. The summed E-state index contributed by atoms with van der Waals surface area (Å²) in [5.74, 6) is 0. The van der Waals surface area contributed by atoms with Crippen molar-refractivity contribution in [1.29, 1.82) is 0 Å². The number of nitrogens with zero attached hydrogens (tertiary/aromatic N) is 2. The van der Waals surface area contributed by atoms with E-state index in [-0.39, 0.29) is 6.10 Å². The average molecular weight is 214 g/mol. The Bertz CT molecular complexity index is 456. The van der Waals surface area contributed by atoms with Crippen molar-refractivity contribution in [3.63, 3.8) is 0 Å². The van der Waals surface area contributed by atoms with Crippen LogP contribution in [-0.2, 0) is 4.74 Å². The average Bonchev–Trinajstić information content (AvgIpc) is 2.31. The number of hydrogen-bond acceptors (Lipinski definition) is 3. The molecule has 0 aliphatic carbocycles. The highest BCUT2D eigenvalue weighted by Gasteiger charge is 2.14. The Morgan fingerprint density at radius 2 is 1.88 bits per heavy atom. The van der Waals surface area contributed by atoms with E-state index in [0.717, 1.165) is 17.0 Å². The number of hydrogen-bond donors (Lipinski definition) is 0. The number of aryl methyl sites for hydroxylation is 1. The van der Waals surface area contributed by atoms with Gasteiger partial charge in [-0.3, -0.25) is 0 Å². The number of ether oxygens (including phenoxy) is 1. The molecule has 0 aliphatic rings. The molecule has 0 radical (unpaired) electrons. The summed E-state index contributed by atoms with van der Waals surface area (Å²) in [5, 5.41) is 0. The zero-order valence-electron chi connectivity index (χ0n) is 9.42. The number of rotatable bonds is 3. The van der Waals surface area contributed by atoms with Crippen LogP contribution >= 0.6 is 0 Å². The van der Waals surface area contributed by atoms with Crippen LogP contribution in [0.25, 0.3) is 0 Å². The minimum atomic E-state index is -0.122. The zero-order valence-corrected chi connectivity index (χ0v) is 9.42. The zero-order chi connectivity index (χ0) is 11.4. The largest absolute Gasteiger partial charge is 0.370 e. The molecule has 3 heteroatoms. The van der Waals surface area contributed by atoms with Gasteiger partial charge in [0.05, 0.1) is 5.69 Å². The molecule has 1 unspecified atom stereocenters. The second-order valence-corrected chi connectivity index (χ2v) is 3.61. The molecule has 0 fully saturated rings. The van der Waals surface area contributed by atoms with Gasteiger partial charge in [-0.1, -0.05) is 30.3 Å². The van der Waals surface area contributed by atoms with Crippen LogP contribution in [-0.4, -0.2) is 17.1 Å². The number of aromatic nitrogens is 2. The Morgan fingerprint density at radius 3 is 2.50 bits per heavy atom. The van der Waals surface area contributed by atoms with Crippen molar-refractivity contribution < 1.29 is 4.74 Å². The first kappa shape index (κ1) is 10.8. The van der Waals surface area contributed by atoms with Gasteiger partial charge in [0, 0.05) is 12.8 Å². The molecule has 0 bridgehead atoms. The van der Waals surface area contributed by atoms with E-state index >= 15 is 0 Å². The molecule has 0 amide bonds. The molecule has 82 valence electrons. The van der Waals surface area contributed by atoms with Crippen molar-refractivity contribution in [2.75, 3.05) is 7.11 Å². The molecule has 0 spiro atoms. The molecule has 0 aliphatic heterocycles. The topological polar surface area (TPSA) is 35.0 Å². The molecule has 2 aromatic rings. The maximum absolute atomic E-state index is 5.49. The molecule has 0 saturated carbocycles. The summed E-state index contributed by atoms with van der Waals surface area (Å²) in [6.45, 7) is 1.95. The van der Waals surface area contributed by atoms with E-state index in [9.17, 15) is 0 Å². The lowest BCUT2D eigenvalue weighted by Gasteiger charge is -2.15. The third-order valence-corrected chi connectivity index (χ3v) is 2.43. The van der Waals surface area contributed by atoms with E-state index in [1.54, 1.807) is 13.4 Å². The second-order valence-electron chi connectivity index (χ2n) is 3.61. The van der Waals surface area contributed by atoms with Crippen molar-refractivity contribution in [3.05, 3.63) is 59.7 Å². The van der Waals surface area contributed by atoms with Crippen molar-refractivity contribution in [2.24, 2.45) is 0 Å². The smallest absolute Gasteiger partial charge is 0.124 e. The maximum atomic E-state index is 5.49. The highest BCUT2D eigenvalue weighted by atomic mass is 16.5. The molecule has 1 aromatic carbocycles. The van der Waals surface area contributed by atoms with Crippen molar-refractivity contribution in [2.45, 2.75) is 13.0 Å². The summed E-state index contributed by atoms with van der Waals surface area (Å²) in [7, 11) is 1.69. The molecule has 2 rings (SSSR count). The predicted octanol–water partition coefficient (Wildman–Crippen LogP) is 2.52. The van der Waals surface area contributed by atoms with Crippen LogP contribution in [0.3, 0.4) is 0 Å². The van der Waals surface area contributed by atoms with Crippen molar-refractivity contribution in [1.82, 2.24) is 9.97 Å². The van der Waals surface area contributed by atoms with E-state index in [4.69, 9.17) is 4.74 Å². The van der Waals surface area contributed by atoms with Crippen LogP contribution in [0.4, 0.5) is 0 Å². The monoisotopic (exact) mass is 214 g/mol. The minimum Gasteiger partial charge on any atom is -0.370 e. The molecule has 0 N–H and O–H groups in total. The summed E-state index contributed by atoms with van der Waals surface area (Å²) in [4.78, 5) is 8.33. The van der Waals surface area contributed by atoms with Crippen LogP contribution in [0, 0.1) is 6.92 Å². The van der Waals surface area contributed by atoms with Gasteiger partial charge in [0.2, 0.25) is 0 Å². The highest BCUT2D eigenvalue weighted by Crippen LogP contribution is 2.23. The summed E-state index contributed by atoms with van der Waals surface area (Å²) >= 11 is 0. The summed E-state index contributed by atoms with van der Waals surface area (Å²) in [6, 6.07) is 12.0. The maximum Gasteiger partial charge on any atom is 0.124 e. The molecule has 1 heterocycles. The highest BCUT2D eigenvalue weighted by molar-refractivity contribution is 5.26. The predicted molar refractivity (Wildman–Crippen MR) is 62.1 cm³/mol. The van der Waals surface area contributed by atoms with E-state index < -0.39 is 0 Å². The van der Waals surface area contributed by atoms with E-state index in [0.29, 0.717) is 0 Å². The van der Waals surface area contributed by atoms with E-state index in [1.165, 1.54) is 0 Å². The lowest BCUT2D eigenvalue weighted by atomic mass is 10.1. The van der Waals surface area contributed by atoms with Gasteiger partial charge < -0.3 is 4.74 Å². The molecule has 3 nitrogen and oxygen atoms in total. The first-order chi connectivity index (χ1) is 7.81. The minimum absolute atomic E-state index is 0.122. The van der Waals surface area contributed by atoms with Gasteiger partial charge in [0.1, 0.15) is 12.4 Å². The Hall–Kier alpha value is -1.74. The molecule has 16 heavy (non-hydrogen) atoms. The van der Waals surface area contributed by atoms with Crippen molar-refractivity contribution >= 4 is 0 Å². The van der Waals surface area contributed by atoms with E-state index in [1.807, 2.05) is 43.3 Å². The van der Waals surface area contributed by atoms with Crippen LogP contribution in [0.5, 0.6) is 0 Å². The first-order valence-electron chi connectivity index (χ1n) is 5.17. The number of methoxy groups -OCH3 is 1. The van der Waals surface area contributed by atoms with E-state index in [2.05, 4.69) is 9.97 Å². The Morgan fingerprint density at radius 1 is 1.12 bits per heavy atom. The SMILES string of the molecule is COC(c1ccccc1)c1cc(C)ncn1. The molecule has 1 aromatic heterocycles. The lowest BCUT2D eigenvalue weighted by Crippen LogP contribution is -2.06. The number of benzene rings is 1. The van der Waals surface area contributed by atoms with Gasteiger partial charge in [-0.2, -0.15) is 0 Å². The van der Waals surface area contributed by atoms with Gasteiger partial charge in [0.15, 0.2) is 0 Å². The van der Waals surface area contributed by atoms with Crippen LogP contribution in [0.1, 0.15) is 23.1 Å². The van der Waals surface area contributed by atoms with Crippen LogP contribution in [0.15, 0.2) is 42.7 Å². The Labute approximate surface area is 95.1 Å². The third kappa shape index (κ3) is 2.25. The standard InChI is InChI=1S/C13H14N2O/c1-10-8-12(15-9-14-10)13(16-2)11-6-4-3-5-7-11/h3-9,13H,1-2H3. The van der Waals surface area contributed by atoms with Crippen LogP contribution < -0.4 is 0 Å². The van der Waals surface area contributed by atoms with Gasteiger partial charge in [0.25, 0.3) is 0 Å². The Kier molecular flexibility index (Phi) is 3.27. The fourth-order valence-corrected chi connectivity index (χ4v) is 1.67. The fourth-order valence-electron chi connectivity index (χ4n) is 1.67. The third-order valence-electron chi connectivity index (χ3n) is 2.43. The fraction of sp³-hybridized carbons (Fsp3) is 0.231. The summed E-state index contributed by atoms with van der Waals surface area (Å²) in [5.41, 5.74) is 2.94. The Balaban J connectivity index is 2.37. The lowest BCUT2D eigenvalue weighted by molar-refractivity contribution is 0.132. The first-order valence-corrected chi connectivity index (χ1v) is 5.17. The van der Waals surface area contributed by atoms with Gasteiger partial charge >= 0.3 is 0 Å². The van der Waals surface area contributed by atoms with Crippen molar-refractivity contribution in [3.8, 4) is 0 Å². The molecular formula is C13H14N2O. The molecule has 0 saturated heterocycles. The van der Waals surface area contributed by atoms with Gasteiger partial charge in [-0.15, -0.1) is 0 Å². The molecular weight excluding hydrogens is 200 g/mol. The van der Waals surface area contributed by atoms with Gasteiger partial charge in [-0.25, -0.2) is 9.97 Å². The summed E-state index contributed by atoms with van der Waals surface area (Å²) in [6.07, 6.45) is 1.45. The van der Waals surface area contributed by atoms with Crippen LogP contribution in [0.2, 0.25) is 0 Å².